The molecule has 3 aromatic rings. The fourth-order valence-corrected chi connectivity index (χ4v) is 4.67. The maximum atomic E-state index is 13.1. The number of rotatable bonds is 8. The number of nitrogens with zero attached hydrogens (tertiary/aromatic N) is 2. The van der Waals surface area contributed by atoms with Crippen LogP contribution in [0, 0.1) is 6.92 Å². The van der Waals surface area contributed by atoms with E-state index in [4.69, 9.17) is 0 Å². The van der Waals surface area contributed by atoms with E-state index in [1.54, 1.807) is 35.6 Å². The predicted molar refractivity (Wildman–Crippen MR) is 121 cm³/mol. The van der Waals surface area contributed by atoms with Crippen molar-refractivity contribution in [2.75, 3.05) is 13.1 Å². The number of benzene rings is 2. The van der Waals surface area contributed by atoms with Gasteiger partial charge < -0.3 is 4.90 Å². The van der Waals surface area contributed by atoms with Crippen molar-refractivity contribution in [3.05, 3.63) is 93.2 Å². The summed E-state index contributed by atoms with van der Waals surface area (Å²) < 4.78 is 0. The summed E-state index contributed by atoms with van der Waals surface area (Å²) in [5.74, 6) is -0.699. The molecule has 0 radical (unpaired) electrons. The van der Waals surface area contributed by atoms with Crippen LogP contribution < -0.4 is 0 Å². The van der Waals surface area contributed by atoms with Gasteiger partial charge >= 0.3 is 0 Å². The van der Waals surface area contributed by atoms with E-state index in [0.29, 0.717) is 24.2 Å². The molecular weight excluding hydrogens is 408 g/mol. The predicted octanol–water partition coefficient (Wildman–Crippen LogP) is 4.31. The van der Waals surface area contributed by atoms with Gasteiger partial charge in [-0.05, 0) is 43.2 Å². The van der Waals surface area contributed by atoms with Crippen LogP contribution in [0.5, 0.6) is 0 Å². The first kappa shape index (κ1) is 21.0. The Morgan fingerprint density at radius 3 is 2.16 bits per heavy atom. The normalized spacial score (nSPS) is 12.9. The minimum Gasteiger partial charge on any atom is -0.337 e. The van der Waals surface area contributed by atoms with Crippen molar-refractivity contribution < 1.29 is 14.4 Å². The Morgan fingerprint density at radius 1 is 0.903 bits per heavy atom. The molecule has 0 bridgehead atoms. The van der Waals surface area contributed by atoms with Gasteiger partial charge in [0.25, 0.3) is 11.8 Å². The number of carbonyl (C=O) groups is 3. The topological polar surface area (TPSA) is 57.7 Å². The molecule has 3 amide bonds. The number of hydrogen-bond acceptors (Lipinski definition) is 4. The lowest BCUT2D eigenvalue weighted by molar-refractivity contribution is -0.131. The number of fused-ring (bicyclic) bond motifs is 1. The number of amides is 3. The molecular formula is C25H24N2O3S. The molecule has 4 rings (SSSR count). The van der Waals surface area contributed by atoms with Gasteiger partial charge in [-0.3, -0.25) is 19.3 Å². The lowest BCUT2D eigenvalue weighted by Gasteiger charge is -2.23. The van der Waals surface area contributed by atoms with Crippen molar-refractivity contribution >= 4 is 29.1 Å². The van der Waals surface area contributed by atoms with Gasteiger partial charge in [-0.15, -0.1) is 11.3 Å². The summed E-state index contributed by atoms with van der Waals surface area (Å²) in [7, 11) is 0. The number of hydrogen-bond donors (Lipinski definition) is 0. The van der Waals surface area contributed by atoms with Crippen LogP contribution in [0.4, 0.5) is 0 Å². The second-order valence-corrected chi connectivity index (χ2v) is 8.99. The Morgan fingerprint density at radius 2 is 1.55 bits per heavy atom. The average Bonchev–Trinajstić information content (AvgIpc) is 3.31. The quantitative estimate of drug-likeness (QED) is 0.498. The average molecular weight is 433 g/mol. The summed E-state index contributed by atoms with van der Waals surface area (Å²) >= 11 is 1.68. The van der Waals surface area contributed by atoms with Crippen LogP contribution >= 0.6 is 11.3 Å². The van der Waals surface area contributed by atoms with Gasteiger partial charge in [-0.1, -0.05) is 42.5 Å². The smallest absolute Gasteiger partial charge is 0.261 e. The largest absolute Gasteiger partial charge is 0.337 e. The molecule has 2 heterocycles. The molecule has 6 heteroatoms. The van der Waals surface area contributed by atoms with Crippen LogP contribution in [0.2, 0.25) is 0 Å². The maximum Gasteiger partial charge on any atom is 0.261 e. The molecule has 0 spiro atoms. The number of imide groups is 1. The van der Waals surface area contributed by atoms with Crippen molar-refractivity contribution in [1.29, 1.82) is 0 Å². The first-order valence-electron chi connectivity index (χ1n) is 10.3. The molecule has 0 fully saturated rings. The monoisotopic (exact) mass is 432 g/mol. The molecule has 0 aliphatic carbocycles. The van der Waals surface area contributed by atoms with E-state index in [0.717, 1.165) is 11.3 Å². The third kappa shape index (κ3) is 4.75. The SMILES string of the molecule is Cc1ccc(CN(CCc2ccccc2)C(=O)CCN2C(=O)c3ccccc3C2=O)s1. The molecule has 0 saturated carbocycles. The first-order chi connectivity index (χ1) is 15.0. The van der Waals surface area contributed by atoms with Crippen molar-refractivity contribution in [2.45, 2.75) is 26.3 Å². The van der Waals surface area contributed by atoms with E-state index in [9.17, 15) is 14.4 Å². The lowest BCUT2D eigenvalue weighted by atomic mass is 10.1. The molecule has 0 atom stereocenters. The van der Waals surface area contributed by atoms with E-state index in [1.807, 2.05) is 36.1 Å². The molecule has 0 unspecified atom stereocenters. The van der Waals surface area contributed by atoms with Gasteiger partial charge in [0.1, 0.15) is 0 Å². The van der Waals surface area contributed by atoms with E-state index in [2.05, 4.69) is 18.2 Å². The number of carbonyl (C=O) groups excluding carboxylic acids is 3. The van der Waals surface area contributed by atoms with Crippen LogP contribution in [-0.2, 0) is 17.8 Å². The first-order valence-corrected chi connectivity index (χ1v) is 11.2. The van der Waals surface area contributed by atoms with Crippen molar-refractivity contribution in [3.63, 3.8) is 0 Å². The molecule has 158 valence electrons. The highest BCUT2D eigenvalue weighted by atomic mass is 32.1. The Labute approximate surface area is 185 Å². The summed E-state index contributed by atoms with van der Waals surface area (Å²) in [4.78, 5) is 43.6. The Hall–Kier alpha value is -3.25. The van der Waals surface area contributed by atoms with Crippen molar-refractivity contribution in [1.82, 2.24) is 9.80 Å². The zero-order chi connectivity index (χ0) is 21.8. The molecule has 1 aliphatic rings. The van der Waals surface area contributed by atoms with Gasteiger partial charge in [0.05, 0.1) is 17.7 Å². The van der Waals surface area contributed by atoms with Gasteiger partial charge in [0.15, 0.2) is 0 Å². The second-order valence-electron chi connectivity index (χ2n) is 7.62. The van der Waals surface area contributed by atoms with E-state index >= 15 is 0 Å². The van der Waals surface area contributed by atoms with Crippen LogP contribution in [0.25, 0.3) is 0 Å². The molecule has 0 N–H and O–H groups in total. The van der Waals surface area contributed by atoms with E-state index < -0.39 is 0 Å². The van der Waals surface area contributed by atoms with Gasteiger partial charge in [0, 0.05) is 29.3 Å². The summed E-state index contributed by atoms with van der Waals surface area (Å²) in [5, 5.41) is 0. The Balaban J connectivity index is 1.42. The molecule has 5 nitrogen and oxygen atoms in total. The van der Waals surface area contributed by atoms with Crippen LogP contribution in [-0.4, -0.2) is 40.6 Å². The highest BCUT2D eigenvalue weighted by molar-refractivity contribution is 7.11. The summed E-state index contributed by atoms with van der Waals surface area (Å²) in [6, 6.07) is 21.0. The second kappa shape index (κ2) is 9.27. The lowest BCUT2D eigenvalue weighted by Crippen LogP contribution is -2.37. The van der Waals surface area contributed by atoms with Gasteiger partial charge in [-0.2, -0.15) is 0 Å². The minimum atomic E-state index is -0.321. The molecule has 0 saturated heterocycles. The van der Waals surface area contributed by atoms with Crippen molar-refractivity contribution in [3.8, 4) is 0 Å². The van der Waals surface area contributed by atoms with Crippen LogP contribution in [0.15, 0.2) is 66.7 Å². The minimum absolute atomic E-state index is 0.0569. The third-order valence-corrected chi connectivity index (χ3v) is 6.42. The van der Waals surface area contributed by atoms with Gasteiger partial charge in [0.2, 0.25) is 5.91 Å². The van der Waals surface area contributed by atoms with Crippen molar-refractivity contribution in [2.24, 2.45) is 0 Å². The Bertz CT molecular complexity index is 1070. The number of thiophene rings is 1. The van der Waals surface area contributed by atoms with Gasteiger partial charge in [-0.25, -0.2) is 0 Å². The van der Waals surface area contributed by atoms with Crippen LogP contribution in [0.3, 0.4) is 0 Å². The molecule has 1 aliphatic heterocycles. The van der Waals surface area contributed by atoms with E-state index in [1.165, 1.54) is 15.3 Å². The fraction of sp³-hybridized carbons (Fsp3) is 0.240. The maximum absolute atomic E-state index is 13.1. The zero-order valence-corrected chi connectivity index (χ0v) is 18.2. The third-order valence-electron chi connectivity index (χ3n) is 5.44. The standard InChI is InChI=1S/C25H24N2O3S/c1-18-11-12-20(31-18)17-26(15-13-19-7-3-2-4-8-19)23(28)14-16-27-24(29)21-9-5-6-10-22(21)25(27)30/h2-12H,13-17H2,1H3. The summed E-state index contributed by atoms with van der Waals surface area (Å²) in [6.45, 7) is 3.26. The Kier molecular flexibility index (Phi) is 6.28. The fourth-order valence-electron chi connectivity index (χ4n) is 3.77. The highest BCUT2D eigenvalue weighted by Crippen LogP contribution is 2.23. The van der Waals surface area contributed by atoms with Crippen LogP contribution in [0.1, 0.15) is 42.5 Å². The zero-order valence-electron chi connectivity index (χ0n) is 17.4. The summed E-state index contributed by atoms with van der Waals surface area (Å²) in [5.41, 5.74) is 1.99. The van der Waals surface area contributed by atoms with E-state index in [-0.39, 0.29) is 30.7 Å². The number of aryl methyl sites for hydroxylation is 1. The highest BCUT2D eigenvalue weighted by Gasteiger charge is 2.35. The molecule has 31 heavy (non-hydrogen) atoms. The summed E-state index contributed by atoms with van der Waals surface area (Å²) in [6.07, 6.45) is 0.870. The molecule has 1 aromatic heterocycles. The molecule has 2 aromatic carbocycles.